The third-order valence-electron chi connectivity index (χ3n) is 4.16. The smallest absolute Gasteiger partial charge is 0.293 e. The van der Waals surface area contributed by atoms with Gasteiger partial charge in [0.25, 0.3) is 5.69 Å². The average molecular weight is 433 g/mol. The standard InChI is InChI=1S/C19H17ClN4O4S/c1-23-8-7-21-19(23)18(25)12-3-6-16(17(10-12)24(26)27)22-14-4-5-15(20)13(9-14)11-29(2)28/h3-10,22H,11H2,1-2H3. The summed E-state index contributed by atoms with van der Waals surface area (Å²) in [6.45, 7) is 0. The molecule has 0 aliphatic heterocycles. The lowest BCUT2D eigenvalue weighted by Gasteiger charge is -2.11. The molecule has 0 saturated heterocycles. The predicted octanol–water partition coefficient (Wildman–Crippen LogP) is 3.83. The number of hydrogen-bond donors (Lipinski definition) is 1. The molecule has 1 unspecified atom stereocenters. The number of halogens is 1. The van der Waals surface area contributed by atoms with Crippen molar-refractivity contribution in [3.63, 3.8) is 0 Å². The van der Waals surface area contributed by atoms with E-state index in [2.05, 4.69) is 10.3 Å². The van der Waals surface area contributed by atoms with Gasteiger partial charge in [0.05, 0.1) is 4.92 Å². The molecule has 1 N–H and O–H groups in total. The molecular formula is C19H17ClN4O4S. The molecule has 0 bridgehead atoms. The maximum atomic E-state index is 12.6. The van der Waals surface area contributed by atoms with Gasteiger partial charge < -0.3 is 9.88 Å². The molecule has 8 nitrogen and oxygen atoms in total. The minimum absolute atomic E-state index is 0.162. The number of imidazole rings is 1. The SMILES string of the molecule is Cn1ccnc1C(=O)c1ccc(Nc2ccc(Cl)c(CS(C)=O)c2)c([N+](=O)[O-])c1. The maximum Gasteiger partial charge on any atom is 0.293 e. The first-order valence-electron chi connectivity index (χ1n) is 8.42. The number of anilines is 2. The Kier molecular flexibility index (Phi) is 6.09. The third kappa shape index (κ3) is 4.69. The van der Waals surface area contributed by atoms with Crippen LogP contribution in [0.3, 0.4) is 0 Å². The van der Waals surface area contributed by atoms with Gasteiger partial charge >= 0.3 is 0 Å². The molecule has 0 saturated carbocycles. The Morgan fingerprint density at radius 3 is 2.69 bits per heavy atom. The molecule has 0 amide bonds. The second kappa shape index (κ2) is 8.54. The second-order valence-corrected chi connectivity index (χ2v) is 8.17. The minimum atomic E-state index is -1.08. The van der Waals surface area contributed by atoms with E-state index >= 15 is 0 Å². The summed E-state index contributed by atoms with van der Waals surface area (Å²) in [4.78, 5) is 27.6. The molecule has 29 heavy (non-hydrogen) atoms. The molecule has 1 aromatic heterocycles. The van der Waals surface area contributed by atoms with Crippen molar-refractivity contribution < 1.29 is 13.9 Å². The zero-order chi connectivity index (χ0) is 21.1. The molecule has 10 heteroatoms. The molecule has 0 radical (unpaired) electrons. The average Bonchev–Trinajstić information content (AvgIpc) is 3.09. The number of rotatable bonds is 7. The van der Waals surface area contributed by atoms with Gasteiger partial charge in [0.1, 0.15) is 5.69 Å². The Balaban J connectivity index is 1.94. The molecule has 0 fully saturated rings. The van der Waals surface area contributed by atoms with Crippen molar-refractivity contribution in [1.29, 1.82) is 0 Å². The zero-order valence-electron chi connectivity index (χ0n) is 15.6. The summed E-state index contributed by atoms with van der Waals surface area (Å²) >= 11 is 6.13. The van der Waals surface area contributed by atoms with Crippen molar-refractivity contribution in [3.8, 4) is 0 Å². The summed E-state index contributed by atoms with van der Waals surface area (Å²) in [5.74, 6) is 0.0503. The van der Waals surface area contributed by atoms with Crippen molar-refractivity contribution in [2.75, 3.05) is 11.6 Å². The van der Waals surface area contributed by atoms with Crippen LogP contribution in [0.4, 0.5) is 17.1 Å². The normalized spacial score (nSPS) is 11.8. The number of nitro groups is 1. The lowest BCUT2D eigenvalue weighted by molar-refractivity contribution is -0.383. The molecule has 3 rings (SSSR count). The van der Waals surface area contributed by atoms with Crippen LogP contribution < -0.4 is 5.32 Å². The lowest BCUT2D eigenvalue weighted by Crippen LogP contribution is -2.09. The highest BCUT2D eigenvalue weighted by Gasteiger charge is 2.21. The Morgan fingerprint density at radius 2 is 2.07 bits per heavy atom. The highest BCUT2D eigenvalue weighted by Crippen LogP contribution is 2.31. The number of ketones is 1. The number of aryl methyl sites for hydroxylation is 1. The first kappa shape index (κ1) is 20.7. The fourth-order valence-corrected chi connectivity index (χ4v) is 3.72. The van der Waals surface area contributed by atoms with Crippen molar-refractivity contribution in [2.45, 2.75) is 5.75 Å². The topological polar surface area (TPSA) is 107 Å². The van der Waals surface area contributed by atoms with Crippen molar-refractivity contribution in [2.24, 2.45) is 7.05 Å². The number of benzene rings is 2. The van der Waals surface area contributed by atoms with Gasteiger partial charge in [-0.05, 0) is 35.9 Å². The first-order valence-corrected chi connectivity index (χ1v) is 10.5. The van der Waals surface area contributed by atoms with E-state index in [0.717, 1.165) is 0 Å². The number of carbonyl (C=O) groups is 1. The number of aromatic nitrogens is 2. The van der Waals surface area contributed by atoms with Crippen LogP contribution in [0, 0.1) is 10.1 Å². The quantitative estimate of drug-likeness (QED) is 0.345. The summed E-state index contributed by atoms with van der Waals surface area (Å²) in [5, 5.41) is 15.0. The Morgan fingerprint density at radius 1 is 1.31 bits per heavy atom. The zero-order valence-corrected chi connectivity index (χ0v) is 17.2. The molecule has 0 aliphatic rings. The monoisotopic (exact) mass is 432 g/mol. The number of nitro benzene ring substituents is 1. The number of nitrogens with one attached hydrogen (secondary N) is 1. The van der Waals surface area contributed by atoms with Crippen molar-refractivity contribution in [3.05, 3.63) is 80.9 Å². The van der Waals surface area contributed by atoms with Crippen LogP contribution in [-0.4, -0.2) is 30.7 Å². The van der Waals surface area contributed by atoms with Crippen molar-refractivity contribution in [1.82, 2.24) is 9.55 Å². The van der Waals surface area contributed by atoms with Crippen LogP contribution in [0.2, 0.25) is 5.02 Å². The van der Waals surface area contributed by atoms with Crippen LogP contribution in [0.1, 0.15) is 21.7 Å². The third-order valence-corrected chi connectivity index (χ3v) is 5.25. The summed E-state index contributed by atoms with van der Waals surface area (Å²) < 4.78 is 13.1. The van der Waals surface area contributed by atoms with E-state index in [1.54, 1.807) is 42.3 Å². The molecule has 0 spiro atoms. The van der Waals surface area contributed by atoms with E-state index in [0.29, 0.717) is 16.3 Å². The van der Waals surface area contributed by atoms with Gasteiger partial charge in [0, 0.05) is 64.6 Å². The molecule has 150 valence electrons. The molecular weight excluding hydrogens is 416 g/mol. The lowest BCUT2D eigenvalue weighted by atomic mass is 10.1. The molecule has 1 heterocycles. The summed E-state index contributed by atoms with van der Waals surface area (Å²) in [7, 11) is 0.588. The van der Waals surface area contributed by atoms with Gasteiger partial charge in [-0.25, -0.2) is 4.98 Å². The Hall–Kier alpha value is -3.04. The number of carbonyl (C=O) groups excluding carboxylic acids is 1. The molecule has 3 aromatic rings. The van der Waals surface area contributed by atoms with Gasteiger partial charge in [0.15, 0.2) is 5.82 Å². The van der Waals surface area contributed by atoms with E-state index in [1.807, 2.05) is 0 Å². The molecule has 1 atom stereocenters. The largest absolute Gasteiger partial charge is 0.350 e. The van der Waals surface area contributed by atoms with Crippen LogP contribution in [0.25, 0.3) is 0 Å². The summed E-state index contributed by atoms with van der Waals surface area (Å²) in [6, 6.07) is 9.19. The van der Waals surface area contributed by atoms with Gasteiger partial charge in [-0.3, -0.25) is 19.1 Å². The fourth-order valence-electron chi connectivity index (χ4n) is 2.78. The highest BCUT2D eigenvalue weighted by atomic mass is 35.5. The van der Waals surface area contributed by atoms with Gasteiger partial charge in [-0.1, -0.05) is 11.6 Å². The fraction of sp³-hybridized carbons (Fsp3) is 0.158. The second-order valence-electron chi connectivity index (χ2n) is 6.33. The number of hydrogen-bond acceptors (Lipinski definition) is 6. The van der Waals surface area contributed by atoms with E-state index in [-0.39, 0.29) is 28.5 Å². The van der Waals surface area contributed by atoms with E-state index in [4.69, 9.17) is 11.6 Å². The first-order chi connectivity index (χ1) is 13.8. The Bertz CT molecular complexity index is 1130. The number of nitrogens with zero attached hydrogens (tertiary/aromatic N) is 3. The van der Waals surface area contributed by atoms with Crippen LogP contribution in [0.15, 0.2) is 48.8 Å². The van der Waals surface area contributed by atoms with E-state index < -0.39 is 21.5 Å². The highest BCUT2D eigenvalue weighted by molar-refractivity contribution is 7.83. The van der Waals surface area contributed by atoms with E-state index in [9.17, 15) is 19.1 Å². The predicted molar refractivity (Wildman–Crippen MR) is 112 cm³/mol. The van der Waals surface area contributed by atoms with Crippen LogP contribution in [0.5, 0.6) is 0 Å². The maximum absolute atomic E-state index is 12.6. The van der Waals surface area contributed by atoms with Gasteiger partial charge in [0.2, 0.25) is 5.78 Å². The summed E-state index contributed by atoms with van der Waals surface area (Å²) in [6.07, 6.45) is 4.68. The molecule has 0 aliphatic carbocycles. The van der Waals surface area contributed by atoms with Crippen LogP contribution in [-0.2, 0) is 23.6 Å². The van der Waals surface area contributed by atoms with E-state index in [1.165, 1.54) is 24.4 Å². The van der Waals surface area contributed by atoms with Crippen molar-refractivity contribution >= 4 is 45.2 Å². The molecule has 2 aromatic carbocycles. The van der Waals surface area contributed by atoms with Gasteiger partial charge in [-0.2, -0.15) is 0 Å². The van der Waals surface area contributed by atoms with Gasteiger partial charge in [-0.15, -0.1) is 0 Å². The Labute approximate surface area is 174 Å². The van der Waals surface area contributed by atoms with Crippen LogP contribution >= 0.6 is 11.6 Å². The summed E-state index contributed by atoms with van der Waals surface area (Å²) in [5.41, 5.74) is 1.36. The minimum Gasteiger partial charge on any atom is -0.350 e.